The second-order valence-electron chi connectivity index (χ2n) is 15.9. The average molecular weight is 796 g/mol. The number of ketones is 1. The van der Waals surface area contributed by atoms with Crippen molar-refractivity contribution in [2.24, 2.45) is 5.92 Å². The number of carbonyl (C=O) groups excluding carboxylic acids is 1. The van der Waals surface area contributed by atoms with Gasteiger partial charge in [-0.15, -0.1) is 0 Å². The third-order valence-corrected chi connectivity index (χ3v) is 10.3. The Morgan fingerprint density at radius 2 is 1.26 bits per heavy atom. The Hall–Kier alpha value is -3.32. The second-order valence-corrected chi connectivity index (χ2v) is 15.9. The summed E-state index contributed by atoms with van der Waals surface area (Å²) in [7, 11) is 10.6. The minimum absolute atomic E-state index is 0.0810. The first kappa shape index (κ1) is 49.8. The summed E-state index contributed by atoms with van der Waals surface area (Å²) in [6.45, 7) is 24.8. The first-order chi connectivity index (χ1) is 27.2. The van der Waals surface area contributed by atoms with Gasteiger partial charge in [0.15, 0.2) is 0 Å². The standard InChI is InChI=1S/C11H17N3.C10H22N2O.C10H15N.C8H15NO.C7H6F2/c1-10-4-3-5-11(12-10)14-8-6-13(2)7-9-14;1-3-9-13-10-8-12-6-4-11(2)5-7-12;1-9-4-6-10(7-5-9)8-11(2)3;1-7(10)8-3-5-9(2)6-4-8;1-5-6(8)3-2-4-7(5)9/h3-5H,6-9H2,1-2H3;3-10H2,1-2H3;4-7H,8H2,1-3H3;8H,3-6H2,1-2H3;2-4H,1H3. The molecule has 0 spiro atoms. The lowest BCUT2D eigenvalue weighted by Gasteiger charge is -2.33. The SMILES string of the molecule is CC(=O)C1CCN(C)CC1.CCCOCCN1CCN(C)CC1.Cc1c(F)cccc1F.Cc1ccc(CN(C)C)cc1.Cc1cccc(N2CCN(C)CC2)n1. The van der Waals surface area contributed by atoms with Gasteiger partial charge in [0.2, 0.25) is 0 Å². The molecular formula is C46H75F2N7O2. The fraction of sp³-hybridized carbons (Fsp3) is 0.609. The molecule has 9 nitrogen and oxygen atoms in total. The number of pyridine rings is 1. The van der Waals surface area contributed by atoms with Crippen molar-refractivity contribution in [1.29, 1.82) is 0 Å². The molecule has 2 aromatic carbocycles. The molecule has 3 aliphatic rings. The third kappa shape index (κ3) is 21.9. The highest BCUT2D eigenvalue weighted by molar-refractivity contribution is 5.78. The number of hydrogen-bond donors (Lipinski definition) is 0. The van der Waals surface area contributed by atoms with Gasteiger partial charge in [0, 0.05) is 89.2 Å². The maximum Gasteiger partial charge on any atom is 0.133 e. The van der Waals surface area contributed by atoms with Crippen LogP contribution >= 0.6 is 0 Å². The molecule has 11 heteroatoms. The highest BCUT2D eigenvalue weighted by Gasteiger charge is 2.19. The van der Waals surface area contributed by atoms with E-state index >= 15 is 0 Å². The highest BCUT2D eigenvalue weighted by Crippen LogP contribution is 2.16. The van der Waals surface area contributed by atoms with Crippen LogP contribution in [0.3, 0.4) is 0 Å². The van der Waals surface area contributed by atoms with Crippen molar-refractivity contribution < 1.29 is 18.3 Å². The number of anilines is 1. The minimum atomic E-state index is -0.491. The molecule has 57 heavy (non-hydrogen) atoms. The van der Waals surface area contributed by atoms with Gasteiger partial charge in [-0.1, -0.05) is 48.9 Å². The van der Waals surface area contributed by atoms with Gasteiger partial charge >= 0.3 is 0 Å². The van der Waals surface area contributed by atoms with Crippen molar-refractivity contribution in [3.8, 4) is 0 Å². The summed E-state index contributed by atoms with van der Waals surface area (Å²) in [5.41, 5.74) is 3.88. The molecule has 3 fully saturated rings. The molecule has 4 heterocycles. The van der Waals surface area contributed by atoms with Crippen LogP contribution in [0, 0.1) is 38.3 Å². The van der Waals surface area contributed by atoms with Gasteiger partial charge < -0.3 is 29.2 Å². The van der Waals surface area contributed by atoms with Crippen LogP contribution in [0.1, 0.15) is 55.5 Å². The number of rotatable bonds is 9. The van der Waals surface area contributed by atoms with E-state index in [9.17, 15) is 13.6 Å². The van der Waals surface area contributed by atoms with E-state index < -0.39 is 11.6 Å². The van der Waals surface area contributed by atoms with Crippen molar-refractivity contribution in [2.45, 2.75) is 60.4 Å². The Morgan fingerprint density at radius 1 is 0.737 bits per heavy atom. The number of nitrogens with zero attached hydrogens (tertiary/aromatic N) is 7. The predicted molar refractivity (Wildman–Crippen MR) is 234 cm³/mol. The first-order valence-corrected chi connectivity index (χ1v) is 20.8. The molecule has 3 saturated heterocycles. The Balaban J connectivity index is 0.000000248. The molecule has 0 bridgehead atoms. The lowest BCUT2D eigenvalue weighted by molar-refractivity contribution is -0.122. The smallest absolute Gasteiger partial charge is 0.133 e. The number of aryl methyl sites for hydroxylation is 2. The monoisotopic (exact) mass is 796 g/mol. The van der Waals surface area contributed by atoms with E-state index in [4.69, 9.17) is 4.74 Å². The fourth-order valence-corrected chi connectivity index (χ4v) is 6.31. The van der Waals surface area contributed by atoms with Gasteiger partial charge in [-0.2, -0.15) is 0 Å². The van der Waals surface area contributed by atoms with E-state index in [-0.39, 0.29) is 5.56 Å². The maximum absolute atomic E-state index is 12.3. The van der Waals surface area contributed by atoms with E-state index in [1.807, 2.05) is 13.0 Å². The first-order valence-electron chi connectivity index (χ1n) is 20.8. The van der Waals surface area contributed by atoms with Crippen LogP contribution in [-0.4, -0.2) is 156 Å². The predicted octanol–water partition coefficient (Wildman–Crippen LogP) is 7.05. The minimum Gasteiger partial charge on any atom is -0.380 e. The Labute approximate surface area is 345 Å². The summed E-state index contributed by atoms with van der Waals surface area (Å²) in [4.78, 5) is 29.4. The van der Waals surface area contributed by atoms with Gasteiger partial charge in [0.05, 0.1) is 6.61 Å². The van der Waals surface area contributed by atoms with Crippen molar-refractivity contribution in [3.63, 3.8) is 0 Å². The summed E-state index contributed by atoms with van der Waals surface area (Å²) < 4.78 is 30.1. The number of hydrogen-bond acceptors (Lipinski definition) is 9. The zero-order valence-electron chi connectivity index (χ0n) is 37.1. The van der Waals surface area contributed by atoms with Crippen LogP contribution in [0.4, 0.5) is 14.6 Å². The molecule has 0 aliphatic carbocycles. The topological polar surface area (TPSA) is 58.6 Å². The Kier molecular flexibility index (Phi) is 24.6. The van der Waals surface area contributed by atoms with E-state index in [1.165, 1.54) is 62.4 Å². The van der Waals surface area contributed by atoms with Crippen LogP contribution in [0.15, 0.2) is 60.7 Å². The lowest BCUT2D eigenvalue weighted by atomic mass is 9.94. The van der Waals surface area contributed by atoms with Crippen LogP contribution in [0.5, 0.6) is 0 Å². The number of piperidine rings is 1. The number of halogens is 2. The number of benzene rings is 2. The summed E-state index contributed by atoms with van der Waals surface area (Å²) in [5, 5.41) is 0. The zero-order chi connectivity index (χ0) is 42.2. The van der Waals surface area contributed by atoms with Crippen LogP contribution in [-0.2, 0) is 16.1 Å². The van der Waals surface area contributed by atoms with Gasteiger partial charge in [-0.05, 0) is 125 Å². The van der Waals surface area contributed by atoms with E-state index in [0.29, 0.717) is 11.7 Å². The molecule has 0 atom stereocenters. The summed E-state index contributed by atoms with van der Waals surface area (Å²) in [6, 6.07) is 18.7. The van der Waals surface area contributed by atoms with Crippen LogP contribution < -0.4 is 4.90 Å². The Bertz CT molecular complexity index is 1480. The van der Waals surface area contributed by atoms with E-state index in [0.717, 1.165) is 96.3 Å². The number of carbonyl (C=O) groups is 1. The number of likely N-dealkylation sites (tertiary alicyclic amines) is 1. The molecule has 0 amide bonds. The summed E-state index contributed by atoms with van der Waals surface area (Å²) >= 11 is 0. The van der Waals surface area contributed by atoms with Gasteiger partial charge in [0.1, 0.15) is 23.2 Å². The quantitative estimate of drug-likeness (QED) is 0.212. The fourth-order valence-electron chi connectivity index (χ4n) is 6.31. The van der Waals surface area contributed by atoms with Crippen LogP contribution in [0.2, 0.25) is 0 Å². The highest BCUT2D eigenvalue weighted by atomic mass is 19.1. The largest absolute Gasteiger partial charge is 0.380 e. The number of piperazine rings is 2. The van der Waals surface area contributed by atoms with E-state index in [1.54, 1.807) is 6.92 Å². The molecule has 6 rings (SSSR count). The van der Waals surface area contributed by atoms with Gasteiger partial charge in [0.25, 0.3) is 0 Å². The molecular weight excluding hydrogens is 721 g/mol. The summed E-state index contributed by atoms with van der Waals surface area (Å²) in [6.07, 6.45) is 3.25. The molecule has 3 aliphatic heterocycles. The number of aromatic nitrogens is 1. The van der Waals surface area contributed by atoms with Gasteiger partial charge in [-0.25, -0.2) is 13.8 Å². The van der Waals surface area contributed by atoms with Crippen molar-refractivity contribution >= 4 is 11.6 Å². The molecule has 0 unspecified atom stereocenters. The molecule has 3 aromatic rings. The van der Waals surface area contributed by atoms with E-state index in [2.05, 4.69) is 120 Å². The van der Waals surface area contributed by atoms with Crippen molar-refractivity contribution in [1.82, 2.24) is 29.5 Å². The van der Waals surface area contributed by atoms with Crippen molar-refractivity contribution in [3.05, 3.63) is 94.7 Å². The Morgan fingerprint density at radius 3 is 1.75 bits per heavy atom. The molecule has 0 radical (unpaired) electrons. The molecule has 1 aromatic heterocycles. The normalized spacial score (nSPS) is 16.9. The zero-order valence-corrected chi connectivity index (χ0v) is 37.1. The number of Topliss-reactive ketones (excluding diaryl/α,β-unsaturated/α-hetero) is 1. The second kappa shape index (κ2) is 28.2. The molecule has 0 saturated carbocycles. The summed E-state index contributed by atoms with van der Waals surface area (Å²) in [5.74, 6) is 0.868. The third-order valence-electron chi connectivity index (χ3n) is 10.3. The van der Waals surface area contributed by atoms with Crippen LogP contribution in [0.25, 0.3) is 0 Å². The molecule has 0 N–H and O–H groups in total. The van der Waals surface area contributed by atoms with Crippen molar-refractivity contribution in [2.75, 3.05) is 125 Å². The molecule has 320 valence electrons. The van der Waals surface area contributed by atoms with Gasteiger partial charge in [-0.3, -0.25) is 9.69 Å². The number of ether oxygens (including phenoxy) is 1. The number of likely N-dealkylation sites (N-methyl/N-ethyl adjacent to an activating group) is 2. The average Bonchev–Trinajstić information content (AvgIpc) is 3.18. The lowest BCUT2D eigenvalue weighted by Crippen LogP contribution is -2.45. The maximum atomic E-state index is 12.3.